The summed E-state index contributed by atoms with van der Waals surface area (Å²) >= 11 is 0. The highest BCUT2D eigenvalue weighted by atomic mass is 14.0. The molecule has 0 heterocycles. The molecule has 0 radical (unpaired) electrons. The molecule has 0 amide bonds. The molecule has 0 heteroatoms. The van der Waals surface area contributed by atoms with Crippen molar-refractivity contribution in [3.8, 4) is 0 Å². The van der Waals surface area contributed by atoms with E-state index >= 15 is 0 Å². The molecule has 1 atom stereocenters. The van der Waals surface area contributed by atoms with Crippen molar-refractivity contribution in [3.63, 3.8) is 0 Å². The first kappa shape index (κ1) is 7.35. The summed E-state index contributed by atoms with van der Waals surface area (Å²) in [4.78, 5) is 0. The average Bonchev–Trinajstić information content (AvgIpc) is 2.25. The zero-order valence-electron chi connectivity index (χ0n) is 7.20. The molecule has 0 N–H and O–H groups in total. The fraction of sp³-hybridized carbons (Fsp3) is 0.167. The molecule has 0 saturated carbocycles. The van der Waals surface area contributed by atoms with Gasteiger partial charge in [-0.25, -0.2) is 0 Å². The van der Waals surface area contributed by atoms with Crippen molar-refractivity contribution in [3.05, 3.63) is 46.9 Å². The van der Waals surface area contributed by atoms with Crippen molar-refractivity contribution in [1.29, 1.82) is 0 Å². The Bertz CT molecular complexity index is 410. The molecule has 1 aliphatic carbocycles. The van der Waals surface area contributed by atoms with Gasteiger partial charge < -0.3 is 0 Å². The standard InChI is InChI=1S/C12H12/c1-10-5-4-8-11-6-2-3-7-12(11)9-10/h2-10H,1H3. The summed E-state index contributed by atoms with van der Waals surface area (Å²) in [5.74, 6) is 0.546. The molecule has 2 rings (SSSR count). The second-order valence-corrected chi connectivity index (χ2v) is 3.21. The van der Waals surface area contributed by atoms with E-state index in [0.717, 1.165) is 0 Å². The lowest BCUT2D eigenvalue weighted by Gasteiger charge is -1.93. The van der Waals surface area contributed by atoms with Gasteiger partial charge in [0.15, 0.2) is 0 Å². The molecule has 0 bridgehead atoms. The van der Waals surface area contributed by atoms with Crippen molar-refractivity contribution >= 4 is 12.2 Å². The SMILES string of the molecule is CC1C=CC=c2ccccc2=C1. The second kappa shape index (κ2) is 2.98. The fourth-order valence-electron chi connectivity index (χ4n) is 1.49. The van der Waals surface area contributed by atoms with E-state index in [9.17, 15) is 0 Å². The largest absolute Gasteiger partial charge is 0.0778 e. The molecular formula is C12H12. The van der Waals surface area contributed by atoms with Crippen molar-refractivity contribution in [1.82, 2.24) is 0 Å². The average molecular weight is 156 g/mol. The highest BCUT2D eigenvalue weighted by Gasteiger charge is 1.93. The van der Waals surface area contributed by atoms with Crippen LogP contribution in [0.2, 0.25) is 0 Å². The van der Waals surface area contributed by atoms with Gasteiger partial charge in [0, 0.05) is 0 Å². The molecule has 0 spiro atoms. The molecule has 0 saturated heterocycles. The minimum atomic E-state index is 0.546. The fourth-order valence-corrected chi connectivity index (χ4v) is 1.49. The van der Waals surface area contributed by atoms with Gasteiger partial charge in [-0.1, -0.05) is 55.5 Å². The van der Waals surface area contributed by atoms with Gasteiger partial charge in [0.05, 0.1) is 0 Å². The lowest BCUT2D eigenvalue weighted by molar-refractivity contribution is 0.998. The monoisotopic (exact) mass is 156 g/mol. The molecule has 12 heavy (non-hydrogen) atoms. The van der Waals surface area contributed by atoms with Crippen molar-refractivity contribution in [2.75, 3.05) is 0 Å². The van der Waals surface area contributed by atoms with Gasteiger partial charge in [-0.15, -0.1) is 0 Å². The van der Waals surface area contributed by atoms with Gasteiger partial charge in [-0.2, -0.15) is 0 Å². The molecule has 60 valence electrons. The van der Waals surface area contributed by atoms with E-state index in [4.69, 9.17) is 0 Å². The Morgan fingerprint density at radius 3 is 2.67 bits per heavy atom. The number of hydrogen-bond acceptors (Lipinski definition) is 0. The Kier molecular flexibility index (Phi) is 1.83. The molecule has 0 nitrogen and oxygen atoms in total. The van der Waals surface area contributed by atoms with Crippen LogP contribution in [0.4, 0.5) is 0 Å². The van der Waals surface area contributed by atoms with Gasteiger partial charge >= 0.3 is 0 Å². The molecule has 1 aromatic rings. The minimum absolute atomic E-state index is 0.546. The molecule has 1 aliphatic rings. The van der Waals surface area contributed by atoms with E-state index in [2.05, 4.69) is 55.5 Å². The molecule has 1 aromatic carbocycles. The Morgan fingerprint density at radius 1 is 1.08 bits per heavy atom. The Labute approximate surface area is 72.5 Å². The summed E-state index contributed by atoms with van der Waals surface area (Å²) in [6.07, 6.45) is 8.79. The van der Waals surface area contributed by atoms with E-state index in [-0.39, 0.29) is 0 Å². The first-order valence-corrected chi connectivity index (χ1v) is 4.32. The maximum atomic E-state index is 2.29. The first-order valence-electron chi connectivity index (χ1n) is 4.32. The number of fused-ring (bicyclic) bond motifs is 1. The minimum Gasteiger partial charge on any atom is -0.0778 e. The third-order valence-electron chi connectivity index (χ3n) is 2.13. The van der Waals surface area contributed by atoms with Crippen molar-refractivity contribution < 1.29 is 0 Å². The van der Waals surface area contributed by atoms with E-state index < -0.39 is 0 Å². The number of benzene rings is 1. The molecular weight excluding hydrogens is 144 g/mol. The normalized spacial score (nSPS) is 20.2. The van der Waals surface area contributed by atoms with Crippen molar-refractivity contribution in [2.24, 2.45) is 5.92 Å². The quantitative estimate of drug-likeness (QED) is 0.533. The van der Waals surface area contributed by atoms with Crippen LogP contribution in [0, 0.1) is 5.92 Å². The predicted octanol–water partition coefficient (Wildman–Crippen LogP) is 1.45. The summed E-state index contributed by atoms with van der Waals surface area (Å²) in [7, 11) is 0. The molecule has 0 aliphatic heterocycles. The van der Waals surface area contributed by atoms with Crippen LogP contribution in [-0.4, -0.2) is 0 Å². The lowest BCUT2D eigenvalue weighted by Crippen LogP contribution is -2.23. The van der Waals surface area contributed by atoms with Gasteiger partial charge in [0.2, 0.25) is 0 Å². The third kappa shape index (κ3) is 1.33. The van der Waals surface area contributed by atoms with Crippen LogP contribution < -0.4 is 10.4 Å². The Hall–Kier alpha value is -1.30. The number of allylic oxidation sites excluding steroid dienone is 2. The van der Waals surface area contributed by atoms with Crippen molar-refractivity contribution in [2.45, 2.75) is 6.92 Å². The van der Waals surface area contributed by atoms with Crippen LogP contribution >= 0.6 is 0 Å². The lowest BCUT2D eigenvalue weighted by atomic mass is 10.1. The van der Waals surface area contributed by atoms with E-state index in [1.54, 1.807) is 0 Å². The third-order valence-corrected chi connectivity index (χ3v) is 2.13. The molecule has 0 aromatic heterocycles. The summed E-state index contributed by atoms with van der Waals surface area (Å²) in [5, 5.41) is 2.66. The smallest absolute Gasteiger partial charge is 0.00696 e. The van der Waals surface area contributed by atoms with Crippen LogP contribution in [-0.2, 0) is 0 Å². The Morgan fingerprint density at radius 2 is 1.83 bits per heavy atom. The van der Waals surface area contributed by atoms with E-state index in [1.165, 1.54) is 10.4 Å². The van der Waals surface area contributed by atoms with Crippen LogP contribution in [0.3, 0.4) is 0 Å². The van der Waals surface area contributed by atoms with Gasteiger partial charge in [0.25, 0.3) is 0 Å². The van der Waals surface area contributed by atoms with Gasteiger partial charge in [-0.05, 0) is 16.4 Å². The van der Waals surface area contributed by atoms with Gasteiger partial charge in [-0.3, -0.25) is 0 Å². The second-order valence-electron chi connectivity index (χ2n) is 3.21. The van der Waals surface area contributed by atoms with Crippen LogP contribution in [0.1, 0.15) is 6.92 Å². The molecule has 1 unspecified atom stereocenters. The van der Waals surface area contributed by atoms with Crippen LogP contribution in [0.15, 0.2) is 36.4 Å². The first-order chi connectivity index (χ1) is 5.86. The van der Waals surface area contributed by atoms with Crippen LogP contribution in [0.25, 0.3) is 12.2 Å². The summed E-state index contributed by atoms with van der Waals surface area (Å²) < 4.78 is 0. The highest BCUT2D eigenvalue weighted by molar-refractivity contribution is 5.45. The van der Waals surface area contributed by atoms with E-state index in [1.807, 2.05) is 0 Å². The molecule has 0 fully saturated rings. The Balaban J connectivity index is 2.75. The zero-order valence-corrected chi connectivity index (χ0v) is 7.20. The topological polar surface area (TPSA) is 0 Å². The zero-order chi connectivity index (χ0) is 8.39. The summed E-state index contributed by atoms with van der Waals surface area (Å²) in [6, 6.07) is 8.47. The number of rotatable bonds is 0. The maximum Gasteiger partial charge on any atom is -0.00696 e. The summed E-state index contributed by atoms with van der Waals surface area (Å²) in [6.45, 7) is 2.20. The maximum absolute atomic E-state index is 2.29. The number of hydrogen-bond donors (Lipinski definition) is 0. The van der Waals surface area contributed by atoms with E-state index in [0.29, 0.717) is 5.92 Å². The summed E-state index contributed by atoms with van der Waals surface area (Å²) in [5.41, 5.74) is 0. The van der Waals surface area contributed by atoms with Gasteiger partial charge in [0.1, 0.15) is 0 Å². The predicted molar refractivity (Wildman–Crippen MR) is 52.9 cm³/mol. The van der Waals surface area contributed by atoms with Crippen LogP contribution in [0.5, 0.6) is 0 Å². The highest BCUT2D eigenvalue weighted by Crippen LogP contribution is 1.99.